The summed E-state index contributed by atoms with van der Waals surface area (Å²) in [6, 6.07) is 7.13. The molecule has 0 aliphatic heterocycles. The smallest absolute Gasteiger partial charge is 0.312 e. The summed E-state index contributed by atoms with van der Waals surface area (Å²) in [7, 11) is 1.75. The van der Waals surface area contributed by atoms with E-state index in [1.165, 1.54) is 30.3 Å². The van der Waals surface area contributed by atoms with E-state index >= 15 is 0 Å². The summed E-state index contributed by atoms with van der Waals surface area (Å²) in [4.78, 5) is 37.1. The number of amides is 2. The molecule has 0 radical (unpaired) electrons. The van der Waals surface area contributed by atoms with Crippen molar-refractivity contribution < 1.29 is 29.3 Å². The summed E-state index contributed by atoms with van der Waals surface area (Å²) in [6.45, 7) is 0. The van der Waals surface area contributed by atoms with Crippen molar-refractivity contribution in [1.29, 1.82) is 0 Å². The molecule has 0 bridgehead atoms. The van der Waals surface area contributed by atoms with Crippen molar-refractivity contribution in [2.45, 2.75) is 51.0 Å². The topological polar surface area (TPSA) is 116 Å². The van der Waals surface area contributed by atoms with Gasteiger partial charge in [-0.2, -0.15) is 0 Å². The standard InChI is InChI=1S/C24H26Cl2N2O6/c1-28(15-6-4-2-3-5-7-15)24(33)17-12-16(8-9-20(17)29)34-23-18(25)10-14(11-19(23)26)27-21(30)13-22(31)32/h8-12,15,29H,2-7,13H2,1H3,(H,27,30)(H,31,32). The van der Waals surface area contributed by atoms with Gasteiger partial charge >= 0.3 is 5.97 Å². The molecule has 1 saturated carbocycles. The van der Waals surface area contributed by atoms with Gasteiger partial charge in [-0.25, -0.2) is 0 Å². The molecule has 0 saturated heterocycles. The highest BCUT2D eigenvalue weighted by Gasteiger charge is 2.25. The SMILES string of the molecule is CN(C(=O)c1cc(Oc2c(Cl)cc(NC(=O)CC(=O)O)cc2Cl)ccc1O)C1CCCCCC1. The van der Waals surface area contributed by atoms with Gasteiger partial charge in [-0.15, -0.1) is 0 Å². The lowest BCUT2D eigenvalue weighted by Gasteiger charge is -2.27. The van der Waals surface area contributed by atoms with Crippen molar-refractivity contribution in [2.75, 3.05) is 12.4 Å². The number of rotatable bonds is 7. The second kappa shape index (κ2) is 11.4. The van der Waals surface area contributed by atoms with Crippen LogP contribution in [-0.4, -0.2) is 46.0 Å². The van der Waals surface area contributed by atoms with Crippen molar-refractivity contribution in [3.05, 3.63) is 45.9 Å². The first kappa shape index (κ1) is 25.6. The molecule has 34 heavy (non-hydrogen) atoms. The van der Waals surface area contributed by atoms with Gasteiger partial charge in [-0.05, 0) is 43.2 Å². The van der Waals surface area contributed by atoms with Crippen LogP contribution >= 0.6 is 23.2 Å². The fourth-order valence-corrected chi connectivity index (χ4v) is 4.51. The number of hydrogen-bond donors (Lipinski definition) is 3. The number of carboxylic acids is 1. The van der Waals surface area contributed by atoms with Gasteiger partial charge in [0.25, 0.3) is 5.91 Å². The number of aliphatic carboxylic acids is 1. The number of ether oxygens (including phenoxy) is 1. The second-order valence-electron chi connectivity index (χ2n) is 8.23. The third kappa shape index (κ3) is 6.55. The van der Waals surface area contributed by atoms with Crippen LogP contribution in [0.4, 0.5) is 5.69 Å². The van der Waals surface area contributed by atoms with E-state index in [0.717, 1.165) is 38.5 Å². The van der Waals surface area contributed by atoms with Gasteiger partial charge in [0.15, 0.2) is 5.75 Å². The van der Waals surface area contributed by atoms with E-state index in [0.29, 0.717) is 0 Å². The fraction of sp³-hybridized carbons (Fsp3) is 0.375. The Morgan fingerprint density at radius 1 is 1.06 bits per heavy atom. The first-order valence-electron chi connectivity index (χ1n) is 10.9. The predicted octanol–water partition coefficient (Wildman–Crippen LogP) is 5.70. The van der Waals surface area contributed by atoms with Gasteiger partial charge < -0.3 is 25.2 Å². The highest BCUT2D eigenvalue weighted by molar-refractivity contribution is 6.37. The molecule has 0 heterocycles. The molecule has 1 aliphatic rings. The largest absolute Gasteiger partial charge is 0.507 e. The zero-order valence-electron chi connectivity index (χ0n) is 18.6. The zero-order valence-corrected chi connectivity index (χ0v) is 20.2. The summed E-state index contributed by atoms with van der Waals surface area (Å²) < 4.78 is 5.80. The molecular formula is C24H26Cl2N2O6. The predicted molar refractivity (Wildman–Crippen MR) is 129 cm³/mol. The van der Waals surface area contributed by atoms with Crippen LogP contribution in [0.1, 0.15) is 55.3 Å². The molecular weight excluding hydrogens is 483 g/mol. The van der Waals surface area contributed by atoms with Crippen LogP contribution < -0.4 is 10.1 Å². The summed E-state index contributed by atoms with van der Waals surface area (Å²) >= 11 is 12.5. The number of carbonyl (C=O) groups excluding carboxylic acids is 2. The summed E-state index contributed by atoms with van der Waals surface area (Å²) in [5, 5.41) is 21.6. The molecule has 3 rings (SSSR count). The monoisotopic (exact) mass is 508 g/mol. The Labute approximate surface area is 207 Å². The zero-order chi connectivity index (χ0) is 24.8. The Bertz CT molecular complexity index is 1060. The lowest BCUT2D eigenvalue weighted by Crippen LogP contribution is -2.36. The van der Waals surface area contributed by atoms with Crippen LogP contribution in [0.15, 0.2) is 30.3 Å². The number of phenolic OH excluding ortho intramolecular Hbond substituents is 1. The molecule has 0 unspecified atom stereocenters. The molecule has 0 atom stereocenters. The Hall–Kier alpha value is -2.97. The molecule has 1 fully saturated rings. The van der Waals surface area contributed by atoms with Crippen molar-refractivity contribution in [1.82, 2.24) is 4.90 Å². The summed E-state index contributed by atoms with van der Waals surface area (Å²) in [5.74, 6) is -2.14. The average molecular weight is 509 g/mol. The van der Waals surface area contributed by atoms with E-state index in [1.807, 2.05) is 0 Å². The molecule has 2 aromatic carbocycles. The van der Waals surface area contributed by atoms with E-state index in [4.69, 9.17) is 33.0 Å². The van der Waals surface area contributed by atoms with Crippen LogP contribution in [0.5, 0.6) is 17.2 Å². The van der Waals surface area contributed by atoms with Crippen LogP contribution in [0.2, 0.25) is 10.0 Å². The number of anilines is 1. The molecule has 1 aliphatic carbocycles. The first-order chi connectivity index (χ1) is 16.2. The molecule has 0 aromatic heterocycles. The van der Waals surface area contributed by atoms with Gasteiger partial charge in [0.2, 0.25) is 5.91 Å². The van der Waals surface area contributed by atoms with Crippen molar-refractivity contribution in [2.24, 2.45) is 0 Å². The molecule has 3 N–H and O–H groups in total. The lowest BCUT2D eigenvalue weighted by atomic mass is 10.1. The minimum atomic E-state index is -1.27. The normalized spacial score (nSPS) is 14.2. The number of phenols is 1. The van der Waals surface area contributed by atoms with Gasteiger partial charge in [0, 0.05) is 18.8 Å². The van der Waals surface area contributed by atoms with Gasteiger partial charge in [0.1, 0.15) is 17.9 Å². The van der Waals surface area contributed by atoms with Gasteiger partial charge in [-0.1, -0.05) is 48.9 Å². The fourth-order valence-electron chi connectivity index (χ4n) is 3.94. The van der Waals surface area contributed by atoms with Crippen LogP contribution in [-0.2, 0) is 9.59 Å². The van der Waals surface area contributed by atoms with E-state index < -0.39 is 18.3 Å². The quantitative estimate of drug-likeness (QED) is 0.326. The number of carboxylic acid groups (broad SMARTS) is 1. The van der Waals surface area contributed by atoms with Gasteiger partial charge in [0.05, 0.1) is 15.6 Å². The van der Waals surface area contributed by atoms with E-state index in [9.17, 15) is 19.5 Å². The Balaban J connectivity index is 1.78. The summed E-state index contributed by atoms with van der Waals surface area (Å²) in [6.07, 6.45) is 5.63. The maximum absolute atomic E-state index is 13.1. The molecule has 2 amide bonds. The molecule has 182 valence electrons. The minimum absolute atomic E-state index is 0.0645. The first-order valence-corrected chi connectivity index (χ1v) is 11.7. The Kier molecular flexibility index (Phi) is 8.63. The highest BCUT2D eigenvalue weighted by Crippen LogP contribution is 2.40. The van der Waals surface area contributed by atoms with Crippen LogP contribution in [0.25, 0.3) is 0 Å². The average Bonchev–Trinajstić information content (AvgIpc) is 3.05. The minimum Gasteiger partial charge on any atom is -0.507 e. The number of benzene rings is 2. The van der Waals surface area contributed by atoms with E-state index in [2.05, 4.69) is 5.32 Å². The Morgan fingerprint density at radius 2 is 1.68 bits per heavy atom. The molecule has 0 spiro atoms. The molecule has 8 nitrogen and oxygen atoms in total. The molecule has 2 aromatic rings. The van der Waals surface area contributed by atoms with E-state index in [1.54, 1.807) is 11.9 Å². The van der Waals surface area contributed by atoms with Crippen LogP contribution in [0, 0.1) is 0 Å². The second-order valence-corrected chi connectivity index (χ2v) is 9.04. The van der Waals surface area contributed by atoms with E-state index in [-0.39, 0.29) is 50.5 Å². The van der Waals surface area contributed by atoms with Crippen molar-refractivity contribution >= 4 is 46.7 Å². The number of hydrogen-bond acceptors (Lipinski definition) is 5. The number of nitrogens with zero attached hydrogens (tertiary/aromatic N) is 1. The van der Waals surface area contributed by atoms with Crippen LogP contribution in [0.3, 0.4) is 0 Å². The third-order valence-electron chi connectivity index (χ3n) is 5.70. The van der Waals surface area contributed by atoms with Gasteiger partial charge in [-0.3, -0.25) is 14.4 Å². The summed E-state index contributed by atoms with van der Waals surface area (Å²) in [5.41, 5.74) is 0.314. The Morgan fingerprint density at radius 3 is 2.26 bits per heavy atom. The van der Waals surface area contributed by atoms with Crippen molar-refractivity contribution in [3.8, 4) is 17.2 Å². The number of halogens is 2. The maximum Gasteiger partial charge on any atom is 0.312 e. The number of nitrogens with one attached hydrogen (secondary N) is 1. The maximum atomic E-state index is 13.1. The molecule has 10 heteroatoms. The number of carbonyl (C=O) groups is 3. The highest BCUT2D eigenvalue weighted by atomic mass is 35.5. The lowest BCUT2D eigenvalue weighted by molar-refractivity contribution is -0.139. The van der Waals surface area contributed by atoms with Crippen molar-refractivity contribution in [3.63, 3.8) is 0 Å². The third-order valence-corrected chi connectivity index (χ3v) is 6.27. The number of aromatic hydroxyl groups is 1.